The van der Waals surface area contributed by atoms with Crippen LogP contribution < -0.4 is 0 Å². The second-order valence-electron chi connectivity index (χ2n) is 3.52. The van der Waals surface area contributed by atoms with Crippen molar-refractivity contribution in [3.8, 4) is 0 Å². The quantitative estimate of drug-likeness (QED) is 0.639. The van der Waals surface area contributed by atoms with Crippen LogP contribution in [-0.4, -0.2) is 11.7 Å². The van der Waals surface area contributed by atoms with Crippen molar-refractivity contribution in [2.45, 2.75) is 33.6 Å². The third kappa shape index (κ3) is 0.800. The molecule has 1 fully saturated rings. The monoisotopic (exact) mass is 142 g/mol. The molecule has 1 heteroatoms. The fraction of sp³-hybridized carbons (Fsp3) is 1.00. The Morgan fingerprint density at radius 1 is 1.30 bits per heavy atom. The van der Waals surface area contributed by atoms with E-state index < -0.39 is 0 Å². The average molecular weight is 142 g/mol. The predicted octanol–water partition coefficient (Wildman–Crippen LogP) is 2.05. The first-order valence-electron chi connectivity index (χ1n) is 4.33. The molecular formula is C9H18O. The van der Waals surface area contributed by atoms with Gasteiger partial charge in [0.05, 0.1) is 0 Å². The number of hydrogen-bond acceptors (Lipinski definition) is 1. The molecule has 1 aliphatic carbocycles. The maximum atomic E-state index is 8.97. The Kier molecular flexibility index (Phi) is 2.04. The van der Waals surface area contributed by atoms with Gasteiger partial charge in [0.2, 0.25) is 0 Å². The first-order valence-corrected chi connectivity index (χ1v) is 4.33. The minimum atomic E-state index is 0.392. The zero-order chi connectivity index (χ0) is 7.78. The van der Waals surface area contributed by atoms with Crippen molar-refractivity contribution in [2.75, 3.05) is 6.61 Å². The maximum absolute atomic E-state index is 8.97. The number of hydrogen-bond donors (Lipinski definition) is 1. The standard InChI is InChI=1S/C9H18O/c1-4-9(5-2)7(3)8(9)6-10/h7-8,10H,4-6H2,1-3H3. The molecule has 0 aromatic carbocycles. The van der Waals surface area contributed by atoms with Crippen LogP contribution in [-0.2, 0) is 0 Å². The van der Waals surface area contributed by atoms with E-state index in [1.54, 1.807) is 0 Å². The van der Waals surface area contributed by atoms with E-state index in [1.807, 2.05) is 0 Å². The first-order chi connectivity index (χ1) is 4.72. The van der Waals surface area contributed by atoms with Gasteiger partial charge in [-0.1, -0.05) is 20.8 Å². The third-order valence-electron chi connectivity index (χ3n) is 3.65. The molecule has 0 bridgehead atoms. The van der Waals surface area contributed by atoms with E-state index in [1.165, 1.54) is 12.8 Å². The summed E-state index contributed by atoms with van der Waals surface area (Å²) in [5.74, 6) is 1.36. The molecule has 0 aromatic heterocycles. The summed E-state index contributed by atoms with van der Waals surface area (Å²) in [4.78, 5) is 0. The largest absolute Gasteiger partial charge is 0.396 e. The Balaban J connectivity index is 2.54. The molecule has 1 saturated carbocycles. The van der Waals surface area contributed by atoms with Crippen LogP contribution in [0, 0.1) is 17.3 Å². The Bertz CT molecular complexity index is 116. The summed E-state index contributed by atoms with van der Waals surface area (Å²) < 4.78 is 0. The van der Waals surface area contributed by atoms with Gasteiger partial charge in [-0.15, -0.1) is 0 Å². The molecule has 0 spiro atoms. The lowest BCUT2D eigenvalue weighted by molar-refractivity contribution is 0.243. The lowest BCUT2D eigenvalue weighted by Crippen LogP contribution is -2.03. The van der Waals surface area contributed by atoms with E-state index in [4.69, 9.17) is 5.11 Å². The highest BCUT2D eigenvalue weighted by molar-refractivity contribution is 5.06. The van der Waals surface area contributed by atoms with Gasteiger partial charge in [-0.25, -0.2) is 0 Å². The van der Waals surface area contributed by atoms with Gasteiger partial charge in [0.1, 0.15) is 0 Å². The molecule has 1 N–H and O–H groups in total. The van der Waals surface area contributed by atoms with E-state index in [0.29, 0.717) is 17.9 Å². The van der Waals surface area contributed by atoms with Gasteiger partial charge in [0.25, 0.3) is 0 Å². The molecular weight excluding hydrogens is 124 g/mol. The molecule has 1 rings (SSSR count). The molecule has 1 nitrogen and oxygen atoms in total. The summed E-state index contributed by atoms with van der Waals surface area (Å²) in [5, 5.41) is 8.97. The highest BCUT2D eigenvalue weighted by atomic mass is 16.3. The zero-order valence-corrected chi connectivity index (χ0v) is 7.22. The SMILES string of the molecule is CCC1(CC)C(C)C1CO. The van der Waals surface area contributed by atoms with Crippen LogP contribution in [0.1, 0.15) is 33.6 Å². The van der Waals surface area contributed by atoms with Crippen LogP contribution in [0.3, 0.4) is 0 Å². The lowest BCUT2D eigenvalue weighted by Gasteiger charge is -2.10. The van der Waals surface area contributed by atoms with Crippen LogP contribution in [0.5, 0.6) is 0 Å². The Morgan fingerprint density at radius 3 is 1.90 bits per heavy atom. The summed E-state index contributed by atoms with van der Waals surface area (Å²) in [7, 11) is 0. The van der Waals surface area contributed by atoms with Gasteiger partial charge in [0.15, 0.2) is 0 Å². The second kappa shape index (κ2) is 2.54. The molecule has 2 atom stereocenters. The van der Waals surface area contributed by atoms with Gasteiger partial charge in [-0.3, -0.25) is 0 Å². The summed E-state index contributed by atoms with van der Waals surface area (Å²) in [6.45, 7) is 7.11. The van der Waals surface area contributed by atoms with Crippen molar-refractivity contribution in [1.82, 2.24) is 0 Å². The normalized spacial score (nSPS) is 36.0. The molecule has 1 aliphatic rings. The minimum absolute atomic E-state index is 0.392. The van der Waals surface area contributed by atoms with Crippen LogP contribution >= 0.6 is 0 Å². The molecule has 0 radical (unpaired) electrons. The summed E-state index contributed by atoms with van der Waals surface area (Å²) in [5.41, 5.74) is 0.509. The van der Waals surface area contributed by atoms with E-state index >= 15 is 0 Å². The molecule has 2 unspecified atom stereocenters. The van der Waals surface area contributed by atoms with E-state index in [2.05, 4.69) is 20.8 Å². The second-order valence-corrected chi connectivity index (χ2v) is 3.52. The topological polar surface area (TPSA) is 20.2 Å². The van der Waals surface area contributed by atoms with Gasteiger partial charge >= 0.3 is 0 Å². The van der Waals surface area contributed by atoms with Crippen LogP contribution in [0.15, 0.2) is 0 Å². The molecule has 60 valence electrons. The molecule has 0 aliphatic heterocycles. The van der Waals surface area contributed by atoms with Gasteiger partial charge in [-0.05, 0) is 30.1 Å². The fourth-order valence-corrected chi connectivity index (χ4v) is 2.56. The highest BCUT2D eigenvalue weighted by Gasteiger charge is 2.58. The smallest absolute Gasteiger partial charge is 0.0467 e. The predicted molar refractivity (Wildman–Crippen MR) is 42.8 cm³/mol. The maximum Gasteiger partial charge on any atom is 0.0467 e. The number of aliphatic hydroxyl groups is 1. The zero-order valence-electron chi connectivity index (χ0n) is 7.22. The van der Waals surface area contributed by atoms with Gasteiger partial charge in [-0.2, -0.15) is 0 Å². The molecule has 0 heterocycles. The number of rotatable bonds is 3. The highest BCUT2D eigenvalue weighted by Crippen LogP contribution is 2.62. The van der Waals surface area contributed by atoms with Crippen molar-refractivity contribution in [3.63, 3.8) is 0 Å². The average Bonchev–Trinajstić information content (AvgIpc) is 2.56. The number of aliphatic hydroxyl groups excluding tert-OH is 1. The summed E-state index contributed by atoms with van der Waals surface area (Å²) in [6.07, 6.45) is 2.46. The Labute approximate surface area is 63.4 Å². The minimum Gasteiger partial charge on any atom is -0.396 e. The van der Waals surface area contributed by atoms with E-state index in [0.717, 1.165) is 5.92 Å². The molecule has 10 heavy (non-hydrogen) atoms. The fourth-order valence-electron chi connectivity index (χ4n) is 2.56. The van der Waals surface area contributed by atoms with Crippen molar-refractivity contribution in [3.05, 3.63) is 0 Å². The van der Waals surface area contributed by atoms with Crippen molar-refractivity contribution < 1.29 is 5.11 Å². The third-order valence-corrected chi connectivity index (χ3v) is 3.65. The molecule has 0 saturated heterocycles. The lowest BCUT2D eigenvalue weighted by atomic mass is 9.95. The van der Waals surface area contributed by atoms with Crippen LogP contribution in [0.4, 0.5) is 0 Å². The van der Waals surface area contributed by atoms with Crippen LogP contribution in [0.25, 0.3) is 0 Å². The Hall–Kier alpha value is -0.0400. The molecule has 0 amide bonds. The van der Waals surface area contributed by atoms with E-state index in [-0.39, 0.29) is 0 Å². The van der Waals surface area contributed by atoms with Gasteiger partial charge < -0.3 is 5.11 Å². The van der Waals surface area contributed by atoms with Crippen molar-refractivity contribution >= 4 is 0 Å². The molecule has 0 aromatic rings. The van der Waals surface area contributed by atoms with Crippen LogP contribution in [0.2, 0.25) is 0 Å². The van der Waals surface area contributed by atoms with Gasteiger partial charge in [0, 0.05) is 6.61 Å². The van der Waals surface area contributed by atoms with Crippen molar-refractivity contribution in [2.24, 2.45) is 17.3 Å². The first kappa shape index (κ1) is 8.06. The van der Waals surface area contributed by atoms with E-state index in [9.17, 15) is 0 Å². The Morgan fingerprint density at radius 2 is 1.80 bits per heavy atom. The van der Waals surface area contributed by atoms with Crippen molar-refractivity contribution in [1.29, 1.82) is 0 Å². The summed E-state index contributed by atoms with van der Waals surface area (Å²) in [6, 6.07) is 0. The summed E-state index contributed by atoms with van der Waals surface area (Å²) >= 11 is 0.